The molecule has 1 N–H and O–H groups in total. The Labute approximate surface area is 152 Å². The number of aromatic nitrogens is 1. The molecule has 0 aliphatic rings. The van der Waals surface area contributed by atoms with Crippen LogP contribution in [0.3, 0.4) is 0 Å². The molecule has 5 heteroatoms. The molecule has 0 aliphatic carbocycles. The Balaban J connectivity index is 1.77. The summed E-state index contributed by atoms with van der Waals surface area (Å²) in [5.41, 5.74) is 3.42. The highest BCUT2D eigenvalue weighted by Crippen LogP contribution is 2.23. The van der Waals surface area contributed by atoms with Gasteiger partial charge in [0.2, 0.25) is 0 Å². The lowest BCUT2D eigenvalue weighted by atomic mass is 10.1. The van der Waals surface area contributed by atoms with Gasteiger partial charge in [0.1, 0.15) is 5.69 Å². The fraction of sp³-hybridized carbons (Fsp3) is 0.0952. The minimum atomic E-state index is -0.302. The van der Waals surface area contributed by atoms with Gasteiger partial charge in [0.05, 0.1) is 0 Å². The minimum Gasteiger partial charge on any atom is -0.345 e. The van der Waals surface area contributed by atoms with Crippen molar-refractivity contribution in [1.29, 1.82) is 0 Å². The van der Waals surface area contributed by atoms with Gasteiger partial charge in [-0.1, -0.05) is 18.2 Å². The average Bonchev–Trinajstić information content (AvgIpc) is 2.68. The highest BCUT2D eigenvalue weighted by Gasteiger charge is 2.11. The predicted molar refractivity (Wildman–Crippen MR) is 103 cm³/mol. The van der Waals surface area contributed by atoms with E-state index >= 15 is 0 Å². The minimum absolute atomic E-state index is 0.0128. The first kappa shape index (κ1) is 17.4. The molecule has 0 aliphatic heterocycles. The van der Waals surface area contributed by atoms with Crippen LogP contribution < -0.4 is 10.2 Å². The number of anilines is 3. The Morgan fingerprint density at radius 2 is 1.62 bits per heavy atom. The topological polar surface area (TPSA) is 62.3 Å². The highest BCUT2D eigenvalue weighted by atomic mass is 16.2. The number of ketones is 1. The monoisotopic (exact) mass is 345 g/mol. The van der Waals surface area contributed by atoms with Crippen molar-refractivity contribution in [2.45, 2.75) is 6.92 Å². The van der Waals surface area contributed by atoms with Gasteiger partial charge in [0.15, 0.2) is 5.78 Å². The second kappa shape index (κ2) is 7.61. The smallest absolute Gasteiger partial charge is 0.274 e. The fourth-order valence-electron chi connectivity index (χ4n) is 2.54. The number of nitrogens with zero attached hydrogens (tertiary/aromatic N) is 2. The van der Waals surface area contributed by atoms with Gasteiger partial charge in [-0.15, -0.1) is 0 Å². The first-order chi connectivity index (χ1) is 12.5. The summed E-state index contributed by atoms with van der Waals surface area (Å²) in [6.45, 7) is 1.51. The second-order valence-electron chi connectivity index (χ2n) is 5.88. The Kier molecular flexibility index (Phi) is 5.08. The molecule has 5 nitrogen and oxygen atoms in total. The molecular weight excluding hydrogens is 326 g/mol. The van der Waals surface area contributed by atoms with Gasteiger partial charge in [-0.2, -0.15) is 0 Å². The fourth-order valence-corrected chi connectivity index (χ4v) is 2.54. The summed E-state index contributed by atoms with van der Waals surface area (Å²) in [5.74, 6) is -0.315. The highest BCUT2D eigenvalue weighted by molar-refractivity contribution is 6.03. The molecule has 1 aromatic heterocycles. The Hall–Kier alpha value is -3.47. The zero-order valence-corrected chi connectivity index (χ0v) is 14.6. The van der Waals surface area contributed by atoms with Crippen LogP contribution in [0.2, 0.25) is 0 Å². The third-order valence-electron chi connectivity index (χ3n) is 4.06. The number of Topliss-reactive ketones (excluding diaryl/α,β-unsaturated/α-hetero) is 1. The zero-order valence-electron chi connectivity index (χ0n) is 14.6. The van der Waals surface area contributed by atoms with Crippen LogP contribution in [-0.4, -0.2) is 23.7 Å². The summed E-state index contributed by atoms with van der Waals surface area (Å²) in [5, 5.41) is 2.80. The number of hydrogen-bond donors (Lipinski definition) is 1. The molecule has 3 aromatic rings. The van der Waals surface area contributed by atoms with E-state index in [-0.39, 0.29) is 11.7 Å². The molecule has 0 fully saturated rings. The van der Waals surface area contributed by atoms with Crippen LogP contribution in [0.15, 0.2) is 72.9 Å². The number of carbonyl (C=O) groups is 2. The van der Waals surface area contributed by atoms with E-state index in [1.807, 2.05) is 48.3 Å². The maximum atomic E-state index is 12.5. The predicted octanol–water partition coefficient (Wildman–Crippen LogP) is 4.30. The number of hydrogen-bond acceptors (Lipinski definition) is 4. The lowest BCUT2D eigenvalue weighted by molar-refractivity contribution is 0.101. The summed E-state index contributed by atoms with van der Waals surface area (Å²) >= 11 is 0. The zero-order chi connectivity index (χ0) is 18.5. The van der Waals surface area contributed by atoms with E-state index in [4.69, 9.17) is 0 Å². The molecule has 0 bridgehead atoms. The number of para-hydroxylation sites is 1. The molecular formula is C21H19N3O2. The first-order valence-corrected chi connectivity index (χ1v) is 8.22. The largest absolute Gasteiger partial charge is 0.345 e. The maximum Gasteiger partial charge on any atom is 0.274 e. The van der Waals surface area contributed by atoms with Gasteiger partial charge in [0, 0.05) is 35.9 Å². The van der Waals surface area contributed by atoms with Crippen LogP contribution in [0.25, 0.3) is 0 Å². The van der Waals surface area contributed by atoms with Crippen LogP contribution in [0.5, 0.6) is 0 Å². The van der Waals surface area contributed by atoms with E-state index in [1.54, 1.807) is 36.5 Å². The van der Waals surface area contributed by atoms with E-state index in [2.05, 4.69) is 10.3 Å². The molecule has 0 spiro atoms. The van der Waals surface area contributed by atoms with Crippen molar-refractivity contribution in [3.8, 4) is 0 Å². The number of pyridine rings is 1. The molecule has 0 saturated carbocycles. The van der Waals surface area contributed by atoms with Crippen LogP contribution >= 0.6 is 0 Å². The van der Waals surface area contributed by atoms with Gasteiger partial charge in [0.25, 0.3) is 5.91 Å². The van der Waals surface area contributed by atoms with Crippen LogP contribution in [0.4, 0.5) is 17.1 Å². The van der Waals surface area contributed by atoms with Gasteiger partial charge >= 0.3 is 0 Å². The summed E-state index contributed by atoms with van der Waals surface area (Å²) < 4.78 is 0. The van der Waals surface area contributed by atoms with E-state index in [9.17, 15) is 9.59 Å². The molecule has 130 valence electrons. The number of amides is 1. The quantitative estimate of drug-likeness (QED) is 0.700. The van der Waals surface area contributed by atoms with Crippen molar-refractivity contribution in [2.24, 2.45) is 0 Å². The number of rotatable bonds is 5. The Morgan fingerprint density at radius 1 is 0.923 bits per heavy atom. The van der Waals surface area contributed by atoms with Crippen molar-refractivity contribution < 1.29 is 9.59 Å². The molecule has 0 atom stereocenters. The maximum absolute atomic E-state index is 12.5. The number of benzene rings is 2. The van der Waals surface area contributed by atoms with Gasteiger partial charge < -0.3 is 10.2 Å². The number of nitrogens with one attached hydrogen (secondary N) is 1. The summed E-state index contributed by atoms with van der Waals surface area (Å²) in [6.07, 6.45) is 1.61. The average molecular weight is 345 g/mol. The van der Waals surface area contributed by atoms with Crippen molar-refractivity contribution in [1.82, 2.24) is 4.98 Å². The lowest BCUT2D eigenvalue weighted by Gasteiger charge is -2.19. The van der Waals surface area contributed by atoms with Crippen LogP contribution in [0.1, 0.15) is 27.8 Å². The van der Waals surface area contributed by atoms with E-state index in [0.717, 1.165) is 11.4 Å². The molecule has 0 radical (unpaired) electrons. The molecule has 26 heavy (non-hydrogen) atoms. The van der Waals surface area contributed by atoms with Crippen molar-refractivity contribution >= 4 is 28.8 Å². The summed E-state index contributed by atoms with van der Waals surface area (Å²) in [6, 6.07) is 20.3. The van der Waals surface area contributed by atoms with E-state index in [0.29, 0.717) is 16.9 Å². The van der Waals surface area contributed by atoms with Crippen molar-refractivity contribution in [3.05, 3.63) is 84.2 Å². The van der Waals surface area contributed by atoms with Gasteiger partial charge in [-0.25, -0.2) is 0 Å². The molecule has 0 saturated heterocycles. The Bertz CT molecular complexity index is 922. The molecule has 3 rings (SSSR count). The molecule has 2 aromatic carbocycles. The Morgan fingerprint density at radius 3 is 2.27 bits per heavy atom. The molecule has 1 heterocycles. The van der Waals surface area contributed by atoms with Crippen molar-refractivity contribution in [2.75, 3.05) is 17.3 Å². The first-order valence-electron chi connectivity index (χ1n) is 8.22. The van der Waals surface area contributed by atoms with Crippen LogP contribution in [-0.2, 0) is 0 Å². The third kappa shape index (κ3) is 3.95. The normalized spacial score (nSPS) is 10.2. The third-order valence-corrected chi connectivity index (χ3v) is 4.06. The summed E-state index contributed by atoms with van der Waals surface area (Å²) in [4.78, 5) is 30.0. The molecule has 1 amide bonds. The van der Waals surface area contributed by atoms with E-state index < -0.39 is 0 Å². The summed E-state index contributed by atoms with van der Waals surface area (Å²) in [7, 11) is 1.94. The second-order valence-corrected chi connectivity index (χ2v) is 5.88. The lowest BCUT2D eigenvalue weighted by Crippen LogP contribution is -2.15. The van der Waals surface area contributed by atoms with E-state index in [1.165, 1.54) is 6.92 Å². The van der Waals surface area contributed by atoms with Crippen molar-refractivity contribution in [3.63, 3.8) is 0 Å². The van der Waals surface area contributed by atoms with Gasteiger partial charge in [-0.05, 0) is 55.5 Å². The SMILES string of the molecule is CC(=O)c1ccc(NC(=O)c2cc(N(C)c3ccccc3)ccn2)cc1. The number of carbonyl (C=O) groups excluding carboxylic acids is 2. The standard InChI is InChI=1S/C21H19N3O2/c1-15(25)16-8-10-17(11-9-16)23-21(26)20-14-19(12-13-22-20)24(2)18-6-4-3-5-7-18/h3-14H,1-2H3,(H,23,26). The van der Waals surface area contributed by atoms with Crippen LogP contribution in [0, 0.1) is 0 Å². The van der Waals surface area contributed by atoms with Gasteiger partial charge in [-0.3, -0.25) is 14.6 Å². The molecule has 0 unspecified atom stereocenters.